The first kappa shape index (κ1) is 54.4. The minimum atomic E-state index is 0.661. The molecule has 12 rings (SSSR count). The number of hydrogen-bond acceptors (Lipinski definition) is 6. The molecule has 0 aliphatic heterocycles. The molecule has 0 aliphatic rings. The molecule has 0 fully saturated rings. The number of rotatable bonds is 17. The second-order valence-corrected chi connectivity index (χ2v) is 20.2. The molecule has 6 nitrogen and oxygen atoms in total. The number of nitrogens with zero attached hydrogens (tertiary/aromatic N) is 6. The Bertz CT molecular complexity index is 4260. The van der Waals surface area contributed by atoms with Gasteiger partial charge in [0.05, 0.1) is 33.8 Å². The van der Waals surface area contributed by atoms with E-state index in [-0.39, 0.29) is 0 Å². The molecule has 0 atom stereocenters. The maximum atomic E-state index is 5.55. The normalized spacial score (nSPS) is 11.0. The van der Waals surface area contributed by atoms with Gasteiger partial charge in [0.25, 0.3) is 0 Å². The fraction of sp³-hybridized carbons (Fsp3) is 0.0649. The summed E-state index contributed by atoms with van der Waals surface area (Å²) in [6, 6.07) is 90.6. The summed E-state index contributed by atoms with van der Waals surface area (Å²) in [6.07, 6.45) is 10.7. The van der Waals surface area contributed by atoms with Gasteiger partial charge in [0, 0.05) is 81.0 Å². The van der Waals surface area contributed by atoms with Gasteiger partial charge in [-0.05, 0) is 151 Å². The minimum Gasteiger partial charge on any atom is -0.344 e. The molecule has 83 heavy (non-hydrogen) atoms. The standard InChI is InChI=1S/C74H60N6.C3H6/c1-5-24-53-26-14-18-40-69(53)77(4)55-44-48-59(49-45-55)79(57-28-10-8-11-29-57)71-42-22-32-61-63(71)34-20-36-65(61)73-74(76-68-39-17-16-38-67(68)75-73)66-37-21-35-64-62(66)33-23-43-72(64)80(58-30-12-9-13-31-58)60-50-46-56(47-51-60)78(52-7-3)70-41-19-15-27-54(70)25-6-2;1-3-2/h5-24,26-51H,2-3,25,52H2,1,4H3;3H,1H2,2H3/b24-5+;. The quantitative estimate of drug-likeness (QED) is 0.0846. The summed E-state index contributed by atoms with van der Waals surface area (Å²) in [5.41, 5.74) is 18.4. The fourth-order valence-electron chi connectivity index (χ4n) is 11.2. The summed E-state index contributed by atoms with van der Waals surface area (Å²) in [5.74, 6) is 0. The van der Waals surface area contributed by atoms with E-state index < -0.39 is 0 Å². The van der Waals surface area contributed by atoms with Gasteiger partial charge in [0.2, 0.25) is 0 Å². The first-order valence-corrected chi connectivity index (χ1v) is 28.2. The van der Waals surface area contributed by atoms with Crippen molar-refractivity contribution in [1.29, 1.82) is 0 Å². The van der Waals surface area contributed by atoms with Crippen molar-refractivity contribution in [3.05, 3.63) is 310 Å². The molecule has 12 aromatic rings. The third-order valence-electron chi connectivity index (χ3n) is 14.9. The fourth-order valence-corrected chi connectivity index (χ4v) is 11.2. The van der Waals surface area contributed by atoms with Gasteiger partial charge in [-0.3, -0.25) is 0 Å². The topological polar surface area (TPSA) is 38.7 Å². The van der Waals surface area contributed by atoms with Crippen LogP contribution in [0.25, 0.3) is 61.2 Å². The first-order chi connectivity index (χ1) is 40.9. The van der Waals surface area contributed by atoms with Crippen molar-refractivity contribution >= 4 is 95.5 Å². The molecule has 0 saturated heterocycles. The van der Waals surface area contributed by atoms with Crippen LogP contribution >= 0.6 is 0 Å². The molecule has 11 aromatic carbocycles. The number of benzene rings is 11. The maximum absolute atomic E-state index is 5.55. The Morgan fingerprint density at radius 3 is 1.29 bits per heavy atom. The monoisotopic (exact) mass is 1070 g/mol. The van der Waals surface area contributed by atoms with Gasteiger partial charge in [0.1, 0.15) is 0 Å². The van der Waals surface area contributed by atoms with Crippen molar-refractivity contribution in [2.75, 3.05) is 33.2 Å². The van der Waals surface area contributed by atoms with E-state index in [1.165, 1.54) is 11.1 Å². The summed E-state index contributed by atoms with van der Waals surface area (Å²) in [5, 5.41) is 4.32. The summed E-state index contributed by atoms with van der Waals surface area (Å²) < 4.78 is 0. The lowest BCUT2D eigenvalue weighted by molar-refractivity contribution is 1.07. The highest BCUT2D eigenvalue weighted by Gasteiger charge is 2.23. The molecule has 6 heteroatoms. The molecule has 0 saturated carbocycles. The van der Waals surface area contributed by atoms with E-state index in [2.05, 4.69) is 308 Å². The van der Waals surface area contributed by atoms with Gasteiger partial charge in [-0.1, -0.05) is 176 Å². The molecule has 0 N–H and O–H groups in total. The lowest BCUT2D eigenvalue weighted by atomic mass is 9.94. The highest BCUT2D eigenvalue weighted by atomic mass is 15.2. The van der Waals surface area contributed by atoms with Gasteiger partial charge in [-0.15, -0.1) is 19.7 Å². The number of aromatic nitrogens is 2. The Kier molecular flexibility index (Phi) is 16.6. The van der Waals surface area contributed by atoms with Crippen LogP contribution in [0.5, 0.6) is 0 Å². The number of fused-ring (bicyclic) bond motifs is 3. The van der Waals surface area contributed by atoms with Gasteiger partial charge >= 0.3 is 0 Å². The van der Waals surface area contributed by atoms with E-state index in [0.29, 0.717) is 6.54 Å². The molecule has 0 radical (unpaired) electrons. The van der Waals surface area contributed by atoms with Crippen molar-refractivity contribution in [3.63, 3.8) is 0 Å². The zero-order chi connectivity index (χ0) is 57.1. The lowest BCUT2D eigenvalue weighted by Gasteiger charge is -2.29. The Hall–Kier alpha value is -10.6. The highest BCUT2D eigenvalue weighted by molar-refractivity contribution is 6.11. The largest absolute Gasteiger partial charge is 0.344 e. The minimum absolute atomic E-state index is 0.661. The van der Waals surface area contributed by atoms with E-state index in [1.807, 2.05) is 31.2 Å². The van der Waals surface area contributed by atoms with Crippen molar-refractivity contribution in [1.82, 2.24) is 9.97 Å². The van der Waals surface area contributed by atoms with Crippen LogP contribution in [-0.4, -0.2) is 23.6 Å². The van der Waals surface area contributed by atoms with E-state index in [0.717, 1.165) is 118 Å². The number of hydrogen-bond donors (Lipinski definition) is 0. The number of anilines is 10. The Morgan fingerprint density at radius 1 is 0.373 bits per heavy atom. The van der Waals surface area contributed by atoms with Crippen LogP contribution in [0.3, 0.4) is 0 Å². The first-order valence-electron chi connectivity index (χ1n) is 28.2. The highest BCUT2D eigenvalue weighted by Crippen LogP contribution is 2.46. The molecular formula is C77H66N6. The molecule has 0 aliphatic carbocycles. The van der Waals surface area contributed by atoms with Gasteiger partial charge in [-0.2, -0.15) is 0 Å². The molecule has 0 bridgehead atoms. The molecule has 404 valence electrons. The Labute approximate surface area is 488 Å². The summed E-state index contributed by atoms with van der Waals surface area (Å²) in [4.78, 5) is 20.4. The van der Waals surface area contributed by atoms with Gasteiger partial charge in [-0.25, -0.2) is 9.97 Å². The van der Waals surface area contributed by atoms with E-state index in [4.69, 9.17) is 9.97 Å². The Balaban J connectivity index is 0.00000235. The van der Waals surface area contributed by atoms with Crippen LogP contribution in [0.4, 0.5) is 56.9 Å². The van der Waals surface area contributed by atoms with Crippen molar-refractivity contribution in [3.8, 4) is 22.5 Å². The number of allylic oxidation sites excluding steroid dienone is 3. The van der Waals surface area contributed by atoms with Crippen LogP contribution in [0.15, 0.2) is 299 Å². The third kappa shape index (κ3) is 11.2. The molecule has 0 spiro atoms. The second kappa shape index (κ2) is 25.3. The summed E-state index contributed by atoms with van der Waals surface area (Å²) in [7, 11) is 2.13. The van der Waals surface area contributed by atoms with E-state index in [1.54, 1.807) is 6.08 Å². The zero-order valence-electron chi connectivity index (χ0n) is 47.4. The average Bonchev–Trinajstić information content (AvgIpc) is 3.49. The van der Waals surface area contributed by atoms with Crippen LogP contribution < -0.4 is 19.6 Å². The maximum Gasteiger partial charge on any atom is 0.0979 e. The predicted molar refractivity (Wildman–Crippen MR) is 357 cm³/mol. The number of para-hydroxylation sites is 6. The SMILES string of the molecule is C=CC.C=CCc1ccccc1N(CC=C)c1ccc(N(c2ccccc2)c2cccc3c(-c4nc5ccccc5nc4-c4cccc5c(N(c6ccccc6)c6ccc(N(C)c7ccccc7/C=C/C)cc6)cccc45)cccc23)cc1. The van der Waals surface area contributed by atoms with Crippen LogP contribution in [0.1, 0.15) is 25.0 Å². The molecule has 1 heterocycles. The average molecular weight is 1080 g/mol. The van der Waals surface area contributed by atoms with Crippen LogP contribution in [0, 0.1) is 0 Å². The predicted octanol–water partition coefficient (Wildman–Crippen LogP) is 21.3. The van der Waals surface area contributed by atoms with Gasteiger partial charge in [0.15, 0.2) is 0 Å². The molecule has 0 unspecified atom stereocenters. The van der Waals surface area contributed by atoms with Crippen LogP contribution in [0.2, 0.25) is 0 Å². The van der Waals surface area contributed by atoms with E-state index in [9.17, 15) is 0 Å². The molecule has 0 amide bonds. The second-order valence-electron chi connectivity index (χ2n) is 20.2. The van der Waals surface area contributed by atoms with Crippen molar-refractivity contribution in [2.45, 2.75) is 20.3 Å². The molecular weight excluding hydrogens is 1010 g/mol. The zero-order valence-corrected chi connectivity index (χ0v) is 47.4. The summed E-state index contributed by atoms with van der Waals surface area (Å²) in [6.45, 7) is 16.1. The molecule has 1 aromatic heterocycles. The van der Waals surface area contributed by atoms with Crippen molar-refractivity contribution in [2.24, 2.45) is 0 Å². The third-order valence-corrected chi connectivity index (χ3v) is 14.9. The van der Waals surface area contributed by atoms with Gasteiger partial charge < -0.3 is 19.6 Å². The van der Waals surface area contributed by atoms with E-state index >= 15 is 0 Å². The lowest BCUT2D eigenvalue weighted by Crippen LogP contribution is -2.18. The smallest absolute Gasteiger partial charge is 0.0979 e. The Morgan fingerprint density at radius 2 is 0.783 bits per heavy atom. The van der Waals surface area contributed by atoms with Crippen molar-refractivity contribution < 1.29 is 0 Å². The van der Waals surface area contributed by atoms with Crippen LogP contribution in [-0.2, 0) is 6.42 Å². The summed E-state index contributed by atoms with van der Waals surface area (Å²) >= 11 is 0.